The normalized spacial score (nSPS) is 24.8. The van der Waals surface area contributed by atoms with E-state index in [1.165, 1.54) is 44.2 Å². The van der Waals surface area contributed by atoms with E-state index in [-0.39, 0.29) is 6.04 Å². The van der Waals surface area contributed by atoms with Crippen LogP contribution >= 0.6 is 0 Å². The van der Waals surface area contributed by atoms with Crippen LogP contribution in [0.3, 0.4) is 0 Å². The Morgan fingerprint density at radius 1 is 1.22 bits per heavy atom. The lowest BCUT2D eigenvalue weighted by molar-refractivity contribution is 0.337. The third kappa shape index (κ3) is 2.60. The fraction of sp³-hybridized carbons (Fsp3) is 0.625. The van der Waals surface area contributed by atoms with Crippen molar-refractivity contribution in [2.45, 2.75) is 44.6 Å². The molecule has 0 saturated carbocycles. The molecule has 1 aromatic carbocycles. The molecule has 2 atom stereocenters. The molecule has 0 spiro atoms. The third-order valence-electron chi connectivity index (χ3n) is 4.54. The summed E-state index contributed by atoms with van der Waals surface area (Å²) in [5, 5.41) is 3.48. The maximum absolute atomic E-state index is 6.39. The zero-order chi connectivity index (χ0) is 12.4. The molecule has 98 valence electrons. The van der Waals surface area contributed by atoms with Crippen LogP contribution in [0.4, 0.5) is 0 Å². The lowest BCUT2D eigenvalue weighted by atomic mass is 9.89. The molecule has 0 aromatic heterocycles. The van der Waals surface area contributed by atoms with Crippen molar-refractivity contribution in [1.29, 1.82) is 0 Å². The van der Waals surface area contributed by atoms with Gasteiger partial charge in [0.15, 0.2) is 0 Å². The summed E-state index contributed by atoms with van der Waals surface area (Å²) in [4.78, 5) is 0. The summed E-state index contributed by atoms with van der Waals surface area (Å²) >= 11 is 0. The Hall–Kier alpha value is -0.860. The molecule has 2 aliphatic rings. The van der Waals surface area contributed by atoms with Crippen molar-refractivity contribution in [2.75, 3.05) is 13.1 Å². The number of rotatable bonds is 3. The van der Waals surface area contributed by atoms with E-state index in [1.54, 1.807) is 11.1 Å². The molecule has 1 aliphatic heterocycles. The molecule has 0 amide bonds. The number of fused-ring (bicyclic) bond motifs is 1. The SMILES string of the molecule is NC(CC1CCCNC1)c1ccc2c(c1)CCC2. The highest BCUT2D eigenvalue weighted by atomic mass is 14.9. The minimum absolute atomic E-state index is 0.223. The first-order valence-corrected chi connectivity index (χ1v) is 7.41. The van der Waals surface area contributed by atoms with Gasteiger partial charge in [-0.15, -0.1) is 0 Å². The van der Waals surface area contributed by atoms with Gasteiger partial charge >= 0.3 is 0 Å². The molecule has 18 heavy (non-hydrogen) atoms. The van der Waals surface area contributed by atoms with Gasteiger partial charge in [0.1, 0.15) is 0 Å². The molecular weight excluding hydrogens is 220 g/mol. The average molecular weight is 244 g/mol. The molecule has 3 rings (SSSR count). The number of piperidine rings is 1. The first-order valence-electron chi connectivity index (χ1n) is 7.41. The van der Waals surface area contributed by atoms with Crippen LogP contribution < -0.4 is 11.1 Å². The van der Waals surface area contributed by atoms with E-state index in [2.05, 4.69) is 23.5 Å². The van der Waals surface area contributed by atoms with Crippen molar-refractivity contribution in [3.63, 3.8) is 0 Å². The van der Waals surface area contributed by atoms with E-state index in [9.17, 15) is 0 Å². The highest BCUT2D eigenvalue weighted by Crippen LogP contribution is 2.28. The molecule has 1 aliphatic carbocycles. The van der Waals surface area contributed by atoms with Crippen LogP contribution in [0.25, 0.3) is 0 Å². The Labute approximate surface area is 110 Å². The lowest BCUT2D eigenvalue weighted by Crippen LogP contribution is -2.31. The van der Waals surface area contributed by atoms with Crippen LogP contribution in [0.15, 0.2) is 18.2 Å². The van der Waals surface area contributed by atoms with Crippen molar-refractivity contribution < 1.29 is 0 Å². The zero-order valence-corrected chi connectivity index (χ0v) is 11.1. The number of hydrogen-bond acceptors (Lipinski definition) is 2. The van der Waals surface area contributed by atoms with Crippen molar-refractivity contribution in [3.05, 3.63) is 34.9 Å². The van der Waals surface area contributed by atoms with Gasteiger partial charge in [-0.3, -0.25) is 0 Å². The molecule has 2 nitrogen and oxygen atoms in total. The minimum atomic E-state index is 0.223. The maximum Gasteiger partial charge on any atom is 0.0298 e. The predicted octanol–water partition coefficient (Wildman–Crippen LogP) is 2.56. The molecule has 2 unspecified atom stereocenters. The highest BCUT2D eigenvalue weighted by molar-refractivity contribution is 5.36. The Morgan fingerprint density at radius 2 is 2.11 bits per heavy atom. The number of benzene rings is 1. The van der Waals surface area contributed by atoms with Gasteiger partial charge in [-0.1, -0.05) is 18.2 Å². The Kier molecular flexibility index (Phi) is 3.67. The van der Waals surface area contributed by atoms with E-state index >= 15 is 0 Å². The average Bonchev–Trinajstić information content (AvgIpc) is 2.87. The van der Waals surface area contributed by atoms with Crippen LogP contribution in [0.2, 0.25) is 0 Å². The smallest absolute Gasteiger partial charge is 0.0298 e. The third-order valence-corrected chi connectivity index (χ3v) is 4.54. The second kappa shape index (κ2) is 5.41. The maximum atomic E-state index is 6.39. The second-order valence-electron chi connectivity index (χ2n) is 5.94. The molecule has 2 heteroatoms. The lowest BCUT2D eigenvalue weighted by Gasteiger charge is -2.25. The van der Waals surface area contributed by atoms with Gasteiger partial charge in [0.25, 0.3) is 0 Å². The van der Waals surface area contributed by atoms with E-state index < -0.39 is 0 Å². The minimum Gasteiger partial charge on any atom is -0.324 e. The molecule has 0 bridgehead atoms. The zero-order valence-electron chi connectivity index (χ0n) is 11.1. The highest BCUT2D eigenvalue weighted by Gasteiger charge is 2.19. The predicted molar refractivity (Wildman–Crippen MR) is 75.6 cm³/mol. The topological polar surface area (TPSA) is 38.0 Å². The molecule has 1 aromatic rings. The van der Waals surface area contributed by atoms with Gasteiger partial charge in [-0.2, -0.15) is 0 Å². The van der Waals surface area contributed by atoms with Crippen LogP contribution in [0.1, 0.15) is 48.4 Å². The van der Waals surface area contributed by atoms with Gasteiger partial charge in [0.05, 0.1) is 0 Å². The van der Waals surface area contributed by atoms with Gasteiger partial charge in [0.2, 0.25) is 0 Å². The molecular formula is C16H24N2. The van der Waals surface area contributed by atoms with E-state index in [0.717, 1.165) is 18.9 Å². The second-order valence-corrected chi connectivity index (χ2v) is 5.94. The molecule has 3 N–H and O–H groups in total. The first-order chi connectivity index (χ1) is 8.83. The number of nitrogens with two attached hydrogens (primary N) is 1. The summed E-state index contributed by atoms with van der Waals surface area (Å²) in [5.74, 6) is 0.766. The number of hydrogen-bond donors (Lipinski definition) is 2. The quantitative estimate of drug-likeness (QED) is 0.857. The van der Waals surface area contributed by atoms with E-state index in [0.29, 0.717) is 0 Å². The molecule has 1 fully saturated rings. The number of nitrogens with one attached hydrogen (secondary N) is 1. The molecule has 0 radical (unpaired) electrons. The summed E-state index contributed by atoms with van der Waals surface area (Å²) in [6, 6.07) is 7.14. The van der Waals surface area contributed by atoms with Gasteiger partial charge < -0.3 is 11.1 Å². The Morgan fingerprint density at radius 3 is 2.94 bits per heavy atom. The van der Waals surface area contributed by atoms with Crippen LogP contribution in [-0.4, -0.2) is 13.1 Å². The monoisotopic (exact) mass is 244 g/mol. The molecule has 1 heterocycles. The first kappa shape index (κ1) is 12.2. The van der Waals surface area contributed by atoms with Crippen molar-refractivity contribution >= 4 is 0 Å². The fourth-order valence-corrected chi connectivity index (χ4v) is 3.44. The summed E-state index contributed by atoms with van der Waals surface area (Å²) in [6.45, 7) is 2.34. The largest absolute Gasteiger partial charge is 0.324 e. The van der Waals surface area contributed by atoms with Gasteiger partial charge in [0, 0.05) is 6.04 Å². The Balaban J connectivity index is 1.66. The van der Waals surface area contributed by atoms with Gasteiger partial charge in [-0.25, -0.2) is 0 Å². The Bertz CT molecular complexity index is 408. The van der Waals surface area contributed by atoms with Gasteiger partial charge in [-0.05, 0) is 74.2 Å². The van der Waals surface area contributed by atoms with E-state index in [4.69, 9.17) is 5.73 Å². The summed E-state index contributed by atoms with van der Waals surface area (Å²) in [7, 11) is 0. The molecule has 1 saturated heterocycles. The van der Waals surface area contributed by atoms with Crippen LogP contribution in [0.5, 0.6) is 0 Å². The fourth-order valence-electron chi connectivity index (χ4n) is 3.44. The standard InChI is InChI=1S/C16H24N2/c17-16(9-12-3-2-8-18-11-12)15-7-6-13-4-1-5-14(13)10-15/h6-7,10,12,16,18H,1-5,8-9,11,17H2. The summed E-state index contributed by atoms with van der Waals surface area (Å²) in [6.07, 6.45) is 7.61. The number of aryl methyl sites for hydroxylation is 2. The van der Waals surface area contributed by atoms with Crippen molar-refractivity contribution in [2.24, 2.45) is 11.7 Å². The van der Waals surface area contributed by atoms with Crippen molar-refractivity contribution in [1.82, 2.24) is 5.32 Å². The van der Waals surface area contributed by atoms with Crippen LogP contribution in [0, 0.1) is 5.92 Å². The summed E-state index contributed by atoms with van der Waals surface area (Å²) < 4.78 is 0. The van der Waals surface area contributed by atoms with Crippen molar-refractivity contribution in [3.8, 4) is 0 Å². The van der Waals surface area contributed by atoms with E-state index in [1.807, 2.05) is 0 Å². The van der Waals surface area contributed by atoms with Crippen LogP contribution in [-0.2, 0) is 12.8 Å². The summed E-state index contributed by atoms with van der Waals surface area (Å²) in [5.41, 5.74) is 10.8.